The fraction of sp³-hybridized carbons (Fsp3) is 0.0909. The third-order valence-corrected chi connectivity index (χ3v) is 2.45. The summed E-state index contributed by atoms with van der Waals surface area (Å²) in [5.41, 5.74) is 6.26. The monoisotopic (exact) mass is 250 g/mol. The quantitative estimate of drug-likeness (QED) is 0.875. The highest BCUT2D eigenvalue weighted by atomic mass is 35.5. The van der Waals surface area contributed by atoms with Gasteiger partial charge in [-0.05, 0) is 12.1 Å². The lowest BCUT2D eigenvalue weighted by atomic mass is 10.3. The minimum Gasteiger partial charge on any atom is -0.497 e. The molecule has 1 aromatic heterocycles. The molecule has 17 heavy (non-hydrogen) atoms. The van der Waals surface area contributed by atoms with Crippen molar-refractivity contribution in [3.05, 3.63) is 35.6 Å². The molecule has 0 radical (unpaired) electrons. The molecule has 6 heteroatoms. The molecular weight excluding hydrogens is 240 g/mol. The zero-order valence-corrected chi connectivity index (χ0v) is 9.90. The number of ether oxygens (including phenoxy) is 1. The van der Waals surface area contributed by atoms with Crippen LogP contribution in [0.3, 0.4) is 0 Å². The Balaban J connectivity index is 2.29. The number of nitrogens with two attached hydrogens (primary N) is 1. The Labute approximate surface area is 104 Å². The number of nitrogen functional groups attached to an aromatic ring is 1. The Hall–Kier alpha value is -2.01. The zero-order chi connectivity index (χ0) is 12.3. The van der Waals surface area contributed by atoms with Gasteiger partial charge in [-0.1, -0.05) is 11.6 Å². The standard InChI is InChI=1S/C11H11ClN4O/c1-17-7-2-3-8(12)9(4-7)16-11-5-10(13)14-6-15-11/h2-6H,1H3,(H3,13,14,15,16). The van der Waals surface area contributed by atoms with E-state index in [1.807, 2.05) is 0 Å². The Morgan fingerprint density at radius 2 is 2.12 bits per heavy atom. The third kappa shape index (κ3) is 2.76. The topological polar surface area (TPSA) is 73.1 Å². The number of halogens is 1. The molecule has 0 bridgehead atoms. The molecule has 0 atom stereocenters. The Morgan fingerprint density at radius 1 is 1.29 bits per heavy atom. The Bertz CT molecular complexity index is 533. The molecule has 3 N–H and O–H groups in total. The number of methoxy groups -OCH3 is 1. The van der Waals surface area contributed by atoms with Crippen molar-refractivity contribution in [2.24, 2.45) is 0 Å². The van der Waals surface area contributed by atoms with Crippen LogP contribution in [-0.2, 0) is 0 Å². The molecule has 1 aromatic carbocycles. The fourth-order valence-corrected chi connectivity index (χ4v) is 1.47. The molecule has 0 aliphatic rings. The number of rotatable bonds is 3. The van der Waals surface area contributed by atoms with Crippen molar-refractivity contribution in [2.45, 2.75) is 0 Å². The van der Waals surface area contributed by atoms with E-state index in [0.717, 1.165) is 0 Å². The molecule has 88 valence electrons. The van der Waals surface area contributed by atoms with Gasteiger partial charge in [-0.2, -0.15) is 0 Å². The van der Waals surface area contributed by atoms with Crippen LogP contribution in [-0.4, -0.2) is 17.1 Å². The van der Waals surface area contributed by atoms with E-state index in [2.05, 4.69) is 15.3 Å². The van der Waals surface area contributed by atoms with E-state index < -0.39 is 0 Å². The number of hydrogen-bond acceptors (Lipinski definition) is 5. The average molecular weight is 251 g/mol. The van der Waals surface area contributed by atoms with E-state index in [4.69, 9.17) is 22.1 Å². The minimum absolute atomic E-state index is 0.390. The predicted octanol–water partition coefficient (Wildman–Crippen LogP) is 2.46. The highest BCUT2D eigenvalue weighted by Gasteiger charge is 2.04. The van der Waals surface area contributed by atoms with Crippen LogP contribution in [0.2, 0.25) is 5.02 Å². The van der Waals surface area contributed by atoms with E-state index in [0.29, 0.717) is 28.1 Å². The van der Waals surface area contributed by atoms with Gasteiger partial charge in [0.15, 0.2) is 0 Å². The van der Waals surface area contributed by atoms with E-state index in [1.165, 1.54) is 6.33 Å². The number of hydrogen-bond donors (Lipinski definition) is 2. The highest BCUT2D eigenvalue weighted by Crippen LogP contribution is 2.28. The molecule has 0 unspecified atom stereocenters. The molecule has 0 fully saturated rings. The normalized spacial score (nSPS) is 10.0. The van der Waals surface area contributed by atoms with Gasteiger partial charge < -0.3 is 15.8 Å². The van der Waals surface area contributed by atoms with E-state index in [1.54, 1.807) is 31.4 Å². The SMILES string of the molecule is COc1ccc(Cl)c(Nc2cc(N)ncn2)c1. The number of anilines is 3. The summed E-state index contributed by atoms with van der Waals surface area (Å²) in [6, 6.07) is 6.92. The smallest absolute Gasteiger partial charge is 0.135 e. The second-order valence-corrected chi connectivity index (χ2v) is 3.71. The Kier molecular flexibility index (Phi) is 3.30. The molecule has 1 heterocycles. The first-order chi connectivity index (χ1) is 8.19. The summed E-state index contributed by atoms with van der Waals surface area (Å²) in [5, 5.41) is 3.62. The van der Waals surface area contributed by atoms with Gasteiger partial charge in [-0.25, -0.2) is 9.97 Å². The molecule has 0 amide bonds. The maximum Gasteiger partial charge on any atom is 0.135 e. The second kappa shape index (κ2) is 4.88. The highest BCUT2D eigenvalue weighted by molar-refractivity contribution is 6.33. The van der Waals surface area contributed by atoms with Gasteiger partial charge in [-0.3, -0.25) is 0 Å². The first-order valence-electron chi connectivity index (χ1n) is 4.87. The van der Waals surface area contributed by atoms with Crippen molar-refractivity contribution >= 4 is 28.9 Å². The molecule has 0 spiro atoms. The summed E-state index contributed by atoms with van der Waals surface area (Å²) >= 11 is 6.05. The number of nitrogens with one attached hydrogen (secondary N) is 1. The number of aromatic nitrogens is 2. The lowest BCUT2D eigenvalue weighted by molar-refractivity contribution is 0.415. The summed E-state index contributed by atoms with van der Waals surface area (Å²) in [7, 11) is 1.59. The summed E-state index contributed by atoms with van der Waals surface area (Å²) in [5.74, 6) is 1.67. The third-order valence-electron chi connectivity index (χ3n) is 2.12. The van der Waals surface area contributed by atoms with Crippen molar-refractivity contribution in [1.82, 2.24) is 9.97 Å². The fourth-order valence-electron chi connectivity index (χ4n) is 1.31. The summed E-state index contributed by atoms with van der Waals surface area (Å²) in [6.07, 6.45) is 1.38. The molecule has 0 saturated heterocycles. The van der Waals surface area contributed by atoms with Gasteiger partial charge in [0.1, 0.15) is 23.7 Å². The van der Waals surface area contributed by atoms with Crippen LogP contribution in [0.25, 0.3) is 0 Å². The van der Waals surface area contributed by atoms with Gasteiger partial charge in [0.25, 0.3) is 0 Å². The molecule has 0 aliphatic carbocycles. The van der Waals surface area contributed by atoms with Gasteiger partial charge >= 0.3 is 0 Å². The van der Waals surface area contributed by atoms with Gasteiger partial charge in [0, 0.05) is 12.1 Å². The van der Waals surface area contributed by atoms with E-state index in [-0.39, 0.29) is 0 Å². The van der Waals surface area contributed by atoms with Crippen molar-refractivity contribution in [1.29, 1.82) is 0 Å². The van der Waals surface area contributed by atoms with Crippen molar-refractivity contribution in [3.63, 3.8) is 0 Å². The number of benzene rings is 1. The number of nitrogens with zero attached hydrogens (tertiary/aromatic N) is 2. The first-order valence-corrected chi connectivity index (χ1v) is 5.25. The van der Waals surface area contributed by atoms with E-state index >= 15 is 0 Å². The van der Waals surface area contributed by atoms with Crippen LogP contribution in [0.4, 0.5) is 17.3 Å². The zero-order valence-electron chi connectivity index (χ0n) is 9.14. The summed E-state index contributed by atoms with van der Waals surface area (Å²) in [4.78, 5) is 7.84. The molecule has 0 aliphatic heterocycles. The van der Waals surface area contributed by atoms with Crippen LogP contribution >= 0.6 is 11.6 Å². The minimum atomic E-state index is 0.390. The van der Waals surface area contributed by atoms with E-state index in [9.17, 15) is 0 Å². The van der Waals surface area contributed by atoms with Crippen LogP contribution in [0, 0.1) is 0 Å². The molecule has 2 rings (SSSR count). The van der Waals surface area contributed by atoms with Gasteiger partial charge in [0.2, 0.25) is 0 Å². The summed E-state index contributed by atoms with van der Waals surface area (Å²) in [6.45, 7) is 0. The van der Waals surface area contributed by atoms with Crippen LogP contribution in [0.15, 0.2) is 30.6 Å². The van der Waals surface area contributed by atoms with Crippen LogP contribution in [0.5, 0.6) is 5.75 Å². The van der Waals surface area contributed by atoms with Crippen LogP contribution < -0.4 is 15.8 Å². The molecule has 5 nitrogen and oxygen atoms in total. The lowest BCUT2D eigenvalue weighted by Gasteiger charge is -2.09. The first kappa shape index (κ1) is 11.5. The lowest BCUT2D eigenvalue weighted by Crippen LogP contribution is -1.98. The van der Waals surface area contributed by atoms with Crippen molar-refractivity contribution in [3.8, 4) is 5.75 Å². The predicted molar refractivity (Wildman–Crippen MR) is 67.7 cm³/mol. The maximum absolute atomic E-state index is 6.05. The maximum atomic E-state index is 6.05. The summed E-state index contributed by atoms with van der Waals surface area (Å²) < 4.78 is 5.12. The average Bonchev–Trinajstić information content (AvgIpc) is 2.32. The molecular formula is C11H11ClN4O. The largest absolute Gasteiger partial charge is 0.497 e. The second-order valence-electron chi connectivity index (χ2n) is 3.30. The Morgan fingerprint density at radius 3 is 2.82 bits per heavy atom. The van der Waals surface area contributed by atoms with Gasteiger partial charge in [-0.15, -0.1) is 0 Å². The van der Waals surface area contributed by atoms with Crippen molar-refractivity contribution in [2.75, 3.05) is 18.2 Å². The van der Waals surface area contributed by atoms with Crippen LogP contribution in [0.1, 0.15) is 0 Å². The van der Waals surface area contributed by atoms with Gasteiger partial charge in [0.05, 0.1) is 17.8 Å². The molecule has 2 aromatic rings. The van der Waals surface area contributed by atoms with Crippen molar-refractivity contribution < 1.29 is 4.74 Å². The molecule has 0 saturated carbocycles.